The molecule has 18 heavy (non-hydrogen) atoms. The number of nitrogens with one attached hydrogen (secondary N) is 1. The number of benzene rings is 1. The highest BCUT2D eigenvalue weighted by atomic mass is 32.1. The van der Waals surface area contributed by atoms with Crippen LogP contribution < -0.4 is 5.32 Å². The molecule has 0 aliphatic rings. The van der Waals surface area contributed by atoms with E-state index in [1.807, 2.05) is 0 Å². The topological polar surface area (TPSA) is 12.0 Å². The second-order valence-corrected chi connectivity index (χ2v) is 5.40. The molecule has 1 aromatic heterocycles. The van der Waals surface area contributed by atoms with Crippen LogP contribution in [-0.4, -0.2) is 0 Å². The van der Waals surface area contributed by atoms with Gasteiger partial charge in [-0.25, -0.2) is 0 Å². The monoisotopic (exact) mass is 259 g/mol. The number of hydrogen-bond donors (Lipinski definition) is 1. The van der Waals surface area contributed by atoms with Crippen LogP contribution in [0.4, 0.5) is 0 Å². The molecule has 0 aliphatic heterocycles. The normalized spacial score (nSPS) is 12.5. The average Bonchev–Trinajstić information content (AvgIpc) is 2.93. The van der Waals surface area contributed by atoms with E-state index in [0.29, 0.717) is 6.04 Å². The van der Waals surface area contributed by atoms with Gasteiger partial charge in [0.05, 0.1) is 0 Å². The molecule has 0 spiro atoms. The van der Waals surface area contributed by atoms with Crippen molar-refractivity contribution in [2.45, 2.75) is 38.8 Å². The molecule has 1 unspecified atom stereocenters. The van der Waals surface area contributed by atoms with Gasteiger partial charge >= 0.3 is 0 Å². The summed E-state index contributed by atoms with van der Waals surface area (Å²) in [6, 6.07) is 13.5. The first-order valence-electron chi connectivity index (χ1n) is 6.69. The summed E-state index contributed by atoms with van der Waals surface area (Å²) in [4.78, 5) is 0. The number of rotatable bonds is 7. The van der Waals surface area contributed by atoms with E-state index < -0.39 is 0 Å². The van der Waals surface area contributed by atoms with Gasteiger partial charge in [-0.3, -0.25) is 0 Å². The zero-order valence-electron chi connectivity index (χ0n) is 10.9. The minimum atomic E-state index is 0.478. The molecular weight excluding hydrogens is 238 g/mol. The van der Waals surface area contributed by atoms with Gasteiger partial charge in [0.2, 0.25) is 0 Å². The lowest BCUT2D eigenvalue weighted by molar-refractivity contribution is 0.481. The lowest BCUT2D eigenvalue weighted by Crippen LogP contribution is -2.20. The first-order valence-corrected chi connectivity index (χ1v) is 7.64. The Kier molecular flexibility index (Phi) is 5.43. The van der Waals surface area contributed by atoms with E-state index >= 15 is 0 Å². The smallest absolute Gasteiger partial charge is 0.0323 e. The first-order chi connectivity index (χ1) is 8.90. The minimum Gasteiger partial charge on any atom is -0.306 e. The molecule has 0 saturated heterocycles. The molecule has 0 saturated carbocycles. The molecule has 1 atom stereocenters. The summed E-state index contributed by atoms with van der Waals surface area (Å²) in [5.41, 5.74) is 2.79. The standard InChI is InChI=1S/C16H21NS/c1-2-3-9-16(15-7-5-4-6-8-15)17-12-14-10-11-18-13-14/h4-8,10-11,13,16-17H,2-3,9,12H2,1H3. The highest BCUT2D eigenvalue weighted by molar-refractivity contribution is 7.07. The van der Waals surface area contributed by atoms with E-state index in [2.05, 4.69) is 59.4 Å². The van der Waals surface area contributed by atoms with Crippen LogP contribution in [0.25, 0.3) is 0 Å². The van der Waals surface area contributed by atoms with E-state index in [0.717, 1.165) is 6.54 Å². The fourth-order valence-electron chi connectivity index (χ4n) is 2.11. The SMILES string of the molecule is CCCCC(NCc1ccsc1)c1ccccc1. The minimum absolute atomic E-state index is 0.478. The van der Waals surface area contributed by atoms with Crippen LogP contribution in [0, 0.1) is 0 Å². The van der Waals surface area contributed by atoms with Crippen LogP contribution in [-0.2, 0) is 6.54 Å². The van der Waals surface area contributed by atoms with Gasteiger partial charge in [0, 0.05) is 12.6 Å². The van der Waals surface area contributed by atoms with Crippen LogP contribution in [0.3, 0.4) is 0 Å². The zero-order valence-corrected chi connectivity index (χ0v) is 11.7. The second-order valence-electron chi connectivity index (χ2n) is 4.62. The number of hydrogen-bond acceptors (Lipinski definition) is 2. The van der Waals surface area contributed by atoms with Crippen molar-refractivity contribution in [3.8, 4) is 0 Å². The van der Waals surface area contributed by atoms with E-state index in [1.54, 1.807) is 11.3 Å². The Morgan fingerprint density at radius 1 is 1.17 bits per heavy atom. The maximum absolute atomic E-state index is 3.68. The quantitative estimate of drug-likeness (QED) is 0.755. The highest BCUT2D eigenvalue weighted by Gasteiger charge is 2.09. The van der Waals surface area contributed by atoms with Gasteiger partial charge in [-0.05, 0) is 34.4 Å². The summed E-state index contributed by atoms with van der Waals surface area (Å²) in [7, 11) is 0. The fraction of sp³-hybridized carbons (Fsp3) is 0.375. The van der Waals surface area contributed by atoms with Crippen molar-refractivity contribution in [1.82, 2.24) is 5.32 Å². The summed E-state index contributed by atoms with van der Waals surface area (Å²) < 4.78 is 0. The predicted octanol–water partition coefficient (Wildman–Crippen LogP) is 4.77. The van der Waals surface area contributed by atoms with E-state index in [-0.39, 0.29) is 0 Å². The van der Waals surface area contributed by atoms with Crippen LogP contribution in [0.1, 0.15) is 43.4 Å². The summed E-state index contributed by atoms with van der Waals surface area (Å²) in [5.74, 6) is 0. The molecule has 2 heteroatoms. The Labute approximate surface area is 114 Å². The van der Waals surface area contributed by atoms with Gasteiger partial charge in [-0.2, -0.15) is 11.3 Å². The maximum atomic E-state index is 3.68. The van der Waals surface area contributed by atoms with Crippen molar-refractivity contribution < 1.29 is 0 Å². The van der Waals surface area contributed by atoms with Gasteiger partial charge in [-0.15, -0.1) is 0 Å². The molecule has 1 nitrogen and oxygen atoms in total. The van der Waals surface area contributed by atoms with Crippen molar-refractivity contribution in [2.24, 2.45) is 0 Å². The second kappa shape index (κ2) is 7.34. The molecule has 1 aromatic carbocycles. The van der Waals surface area contributed by atoms with Gasteiger partial charge in [0.15, 0.2) is 0 Å². The molecule has 2 aromatic rings. The Balaban J connectivity index is 1.96. The van der Waals surface area contributed by atoms with Gasteiger partial charge in [0.25, 0.3) is 0 Å². The third-order valence-electron chi connectivity index (χ3n) is 3.18. The lowest BCUT2D eigenvalue weighted by atomic mass is 10.0. The largest absolute Gasteiger partial charge is 0.306 e. The van der Waals surface area contributed by atoms with Crippen molar-refractivity contribution >= 4 is 11.3 Å². The van der Waals surface area contributed by atoms with E-state index in [9.17, 15) is 0 Å². The van der Waals surface area contributed by atoms with Crippen molar-refractivity contribution in [1.29, 1.82) is 0 Å². The van der Waals surface area contributed by atoms with E-state index in [1.165, 1.54) is 30.4 Å². The van der Waals surface area contributed by atoms with Gasteiger partial charge in [0.1, 0.15) is 0 Å². The third kappa shape index (κ3) is 3.97. The summed E-state index contributed by atoms with van der Waals surface area (Å²) in [6.45, 7) is 3.22. The van der Waals surface area contributed by atoms with Crippen molar-refractivity contribution in [3.05, 3.63) is 58.3 Å². The lowest BCUT2D eigenvalue weighted by Gasteiger charge is -2.18. The molecule has 0 aliphatic carbocycles. The number of unbranched alkanes of at least 4 members (excludes halogenated alkanes) is 1. The summed E-state index contributed by atoms with van der Waals surface area (Å²) in [5, 5.41) is 8.04. The average molecular weight is 259 g/mol. The third-order valence-corrected chi connectivity index (χ3v) is 3.91. The van der Waals surface area contributed by atoms with Gasteiger partial charge in [-0.1, -0.05) is 50.1 Å². The Bertz CT molecular complexity index is 422. The number of thiophene rings is 1. The van der Waals surface area contributed by atoms with Crippen LogP contribution in [0.15, 0.2) is 47.2 Å². The molecule has 2 rings (SSSR count). The molecule has 0 radical (unpaired) electrons. The Morgan fingerprint density at radius 2 is 2.00 bits per heavy atom. The van der Waals surface area contributed by atoms with Crippen LogP contribution in [0.2, 0.25) is 0 Å². The molecule has 96 valence electrons. The van der Waals surface area contributed by atoms with Gasteiger partial charge < -0.3 is 5.32 Å². The molecule has 1 N–H and O–H groups in total. The molecule has 0 fully saturated rings. The molecule has 0 amide bonds. The highest BCUT2D eigenvalue weighted by Crippen LogP contribution is 2.20. The first kappa shape index (κ1) is 13.3. The molecular formula is C16H21NS. The zero-order chi connectivity index (χ0) is 12.6. The predicted molar refractivity (Wildman–Crippen MR) is 79.9 cm³/mol. The summed E-state index contributed by atoms with van der Waals surface area (Å²) >= 11 is 1.76. The Hall–Kier alpha value is -1.12. The Morgan fingerprint density at radius 3 is 2.67 bits per heavy atom. The maximum Gasteiger partial charge on any atom is 0.0323 e. The molecule has 1 heterocycles. The summed E-state index contributed by atoms with van der Waals surface area (Å²) in [6.07, 6.45) is 3.74. The van der Waals surface area contributed by atoms with Crippen molar-refractivity contribution in [3.63, 3.8) is 0 Å². The van der Waals surface area contributed by atoms with Crippen molar-refractivity contribution in [2.75, 3.05) is 0 Å². The molecule has 0 bridgehead atoms. The van der Waals surface area contributed by atoms with E-state index in [4.69, 9.17) is 0 Å². The fourth-order valence-corrected chi connectivity index (χ4v) is 2.78. The van der Waals surface area contributed by atoms with Crippen LogP contribution >= 0.6 is 11.3 Å². The van der Waals surface area contributed by atoms with Crippen LogP contribution in [0.5, 0.6) is 0 Å².